The van der Waals surface area contributed by atoms with Crippen LogP contribution in [0.1, 0.15) is 25.5 Å². The smallest absolute Gasteiger partial charge is 0.309 e. The minimum Gasteiger partial charge on any atom is -0.466 e. The zero-order valence-electron chi connectivity index (χ0n) is 12.2. The second-order valence-electron chi connectivity index (χ2n) is 5.36. The molecule has 112 valence electrons. The first-order valence-corrected chi connectivity index (χ1v) is 7.44. The molecule has 0 N–H and O–H groups in total. The van der Waals surface area contributed by atoms with Crippen molar-refractivity contribution in [3.8, 4) is 0 Å². The number of nitrogens with zero attached hydrogens (tertiary/aromatic N) is 4. The molecule has 3 rings (SSSR count). The quantitative estimate of drug-likeness (QED) is 0.798. The van der Waals surface area contributed by atoms with Gasteiger partial charge in [0.2, 0.25) is 5.78 Å². The fourth-order valence-corrected chi connectivity index (χ4v) is 2.77. The molecule has 0 spiro atoms. The summed E-state index contributed by atoms with van der Waals surface area (Å²) in [6, 6.07) is 1.89. The molecule has 21 heavy (non-hydrogen) atoms. The van der Waals surface area contributed by atoms with Crippen LogP contribution >= 0.6 is 0 Å². The Hall–Kier alpha value is -1.95. The molecule has 0 aromatic carbocycles. The van der Waals surface area contributed by atoms with E-state index in [4.69, 9.17) is 4.74 Å². The summed E-state index contributed by atoms with van der Waals surface area (Å²) in [5, 5.41) is 0. The molecule has 6 heteroatoms. The summed E-state index contributed by atoms with van der Waals surface area (Å²) in [6.45, 7) is 4.94. The predicted octanol–water partition coefficient (Wildman–Crippen LogP) is 1.50. The number of rotatable bonds is 4. The highest BCUT2D eigenvalue weighted by molar-refractivity contribution is 5.72. The Bertz CT molecular complexity index is 584. The summed E-state index contributed by atoms with van der Waals surface area (Å²) >= 11 is 0. The molecule has 2 aromatic rings. The van der Waals surface area contributed by atoms with E-state index in [0.717, 1.165) is 43.9 Å². The largest absolute Gasteiger partial charge is 0.466 e. The van der Waals surface area contributed by atoms with E-state index in [1.54, 1.807) is 6.20 Å². The van der Waals surface area contributed by atoms with Crippen molar-refractivity contribution in [2.75, 3.05) is 19.7 Å². The number of hydrogen-bond donors (Lipinski definition) is 0. The summed E-state index contributed by atoms with van der Waals surface area (Å²) in [7, 11) is 0. The van der Waals surface area contributed by atoms with Gasteiger partial charge in [0.15, 0.2) is 0 Å². The molecule has 0 atom stereocenters. The van der Waals surface area contributed by atoms with Crippen LogP contribution in [0.25, 0.3) is 5.78 Å². The van der Waals surface area contributed by atoms with Gasteiger partial charge in [0.25, 0.3) is 0 Å². The van der Waals surface area contributed by atoms with Crippen LogP contribution in [0.5, 0.6) is 0 Å². The number of carbonyl (C=O) groups is 1. The number of imidazole rings is 1. The molecule has 0 amide bonds. The van der Waals surface area contributed by atoms with Gasteiger partial charge in [0, 0.05) is 25.1 Å². The van der Waals surface area contributed by atoms with E-state index >= 15 is 0 Å². The van der Waals surface area contributed by atoms with Gasteiger partial charge < -0.3 is 4.74 Å². The molecule has 0 bridgehead atoms. The first-order chi connectivity index (χ1) is 10.3. The Balaban J connectivity index is 1.56. The van der Waals surface area contributed by atoms with Crippen LogP contribution in [0.4, 0.5) is 0 Å². The lowest BCUT2D eigenvalue weighted by Crippen LogP contribution is -2.36. The first-order valence-electron chi connectivity index (χ1n) is 7.44. The van der Waals surface area contributed by atoms with Crippen LogP contribution in [0, 0.1) is 5.92 Å². The highest BCUT2D eigenvalue weighted by atomic mass is 16.5. The van der Waals surface area contributed by atoms with E-state index in [1.165, 1.54) is 0 Å². The Labute approximate surface area is 123 Å². The summed E-state index contributed by atoms with van der Waals surface area (Å²) < 4.78 is 7.02. The van der Waals surface area contributed by atoms with E-state index in [1.807, 2.05) is 29.8 Å². The third-order valence-electron chi connectivity index (χ3n) is 3.88. The van der Waals surface area contributed by atoms with Crippen molar-refractivity contribution < 1.29 is 9.53 Å². The van der Waals surface area contributed by atoms with Crippen molar-refractivity contribution in [2.24, 2.45) is 5.92 Å². The van der Waals surface area contributed by atoms with E-state index < -0.39 is 0 Å². The average molecular weight is 288 g/mol. The molecule has 3 heterocycles. The number of hydrogen-bond acceptors (Lipinski definition) is 5. The fraction of sp³-hybridized carbons (Fsp3) is 0.533. The third kappa shape index (κ3) is 3.21. The number of likely N-dealkylation sites (tertiary alicyclic amines) is 1. The van der Waals surface area contributed by atoms with Crippen LogP contribution in [0.3, 0.4) is 0 Å². The van der Waals surface area contributed by atoms with Crippen molar-refractivity contribution in [3.63, 3.8) is 0 Å². The SMILES string of the molecule is CCOC(=O)C1CCN(Cc2cn3cccnc3n2)CC1. The second kappa shape index (κ2) is 6.22. The van der Waals surface area contributed by atoms with Gasteiger partial charge in [-0.05, 0) is 38.9 Å². The zero-order chi connectivity index (χ0) is 14.7. The molecule has 1 aliphatic rings. The molecule has 1 saturated heterocycles. The zero-order valence-corrected chi connectivity index (χ0v) is 12.2. The molecular formula is C15H20N4O2. The molecule has 0 aliphatic carbocycles. The first kappa shape index (κ1) is 14.0. The van der Waals surface area contributed by atoms with Gasteiger partial charge in [-0.15, -0.1) is 0 Å². The minimum atomic E-state index is -0.0471. The van der Waals surface area contributed by atoms with Gasteiger partial charge in [0.05, 0.1) is 18.2 Å². The van der Waals surface area contributed by atoms with Crippen LogP contribution in [-0.4, -0.2) is 44.9 Å². The molecule has 0 unspecified atom stereocenters. The Morgan fingerprint density at radius 2 is 2.24 bits per heavy atom. The van der Waals surface area contributed by atoms with Crippen molar-refractivity contribution in [2.45, 2.75) is 26.3 Å². The molecule has 1 fully saturated rings. The summed E-state index contributed by atoms with van der Waals surface area (Å²) in [5.41, 5.74) is 1.02. The molecule has 2 aromatic heterocycles. The van der Waals surface area contributed by atoms with Crippen molar-refractivity contribution in [3.05, 3.63) is 30.4 Å². The van der Waals surface area contributed by atoms with Crippen molar-refractivity contribution in [1.29, 1.82) is 0 Å². The van der Waals surface area contributed by atoms with Crippen molar-refractivity contribution >= 4 is 11.7 Å². The van der Waals surface area contributed by atoms with E-state index in [-0.39, 0.29) is 11.9 Å². The Kier molecular flexibility index (Phi) is 4.15. The summed E-state index contributed by atoms with van der Waals surface area (Å²) in [4.78, 5) is 22.8. The molecular weight excluding hydrogens is 268 g/mol. The van der Waals surface area contributed by atoms with Gasteiger partial charge in [-0.3, -0.25) is 14.1 Å². The number of aromatic nitrogens is 3. The molecule has 6 nitrogen and oxygen atoms in total. The number of carbonyl (C=O) groups excluding carboxylic acids is 1. The average Bonchev–Trinajstić information content (AvgIpc) is 2.90. The lowest BCUT2D eigenvalue weighted by Gasteiger charge is -2.30. The highest BCUT2D eigenvalue weighted by Crippen LogP contribution is 2.20. The predicted molar refractivity (Wildman–Crippen MR) is 77.6 cm³/mol. The van der Waals surface area contributed by atoms with E-state index in [9.17, 15) is 4.79 Å². The van der Waals surface area contributed by atoms with Crippen molar-refractivity contribution in [1.82, 2.24) is 19.3 Å². The van der Waals surface area contributed by atoms with Crippen LogP contribution < -0.4 is 0 Å². The van der Waals surface area contributed by atoms with Gasteiger partial charge in [-0.25, -0.2) is 9.97 Å². The maximum absolute atomic E-state index is 11.7. The van der Waals surface area contributed by atoms with Gasteiger partial charge in [-0.1, -0.05) is 0 Å². The monoisotopic (exact) mass is 288 g/mol. The van der Waals surface area contributed by atoms with E-state index in [2.05, 4.69) is 14.9 Å². The normalized spacial score (nSPS) is 17.2. The van der Waals surface area contributed by atoms with Crippen LogP contribution in [0.2, 0.25) is 0 Å². The summed E-state index contributed by atoms with van der Waals surface area (Å²) in [6.07, 6.45) is 7.44. The van der Waals surface area contributed by atoms with Gasteiger partial charge in [-0.2, -0.15) is 0 Å². The maximum atomic E-state index is 11.7. The van der Waals surface area contributed by atoms with Gasteiger partial charge >= 0.3 is 5.97 Å². The Morgan fingerprint density at radius 3 is 2.95 bits per heavy atom. The van der Waals surface area contributed by atoms with Crippen LogP contribution in [-0.2, 0) is 16.1 Å². The third-order valence-corrected chi connectivity index (χ3v) is 3.88. The number of ether oxygens (including phenoxy) is 1. The van der Waals surface area contributed by atoms with Crippen LogP contribution in [0.15, 0.2) is 24.7 Å². The molecule has 0 radical (unpaired) electrons. The molecule has 1 aliphatic heterocycles. The number of esters is 1. The Morgan fingerprint density at radius 1 is 1.43 bits per heavy atom. The minimum absolute atomic E-state index is 0.0471. The molecule has 0 saturated carbocycles. The standard InChI is InChI=1S/C15H20N4O2/c1-2-21-14(20)12-4-8-18(9-5-12)10-13-11-19-7-3-6-16-15(19)17-13/h3,6-7,11-12H,2,4-5,8-10H2,1H3. The number of fused-ring (bicyclic) bond motifs is 1. The van der Waals surface area contributed by atoms with E-state index in [0.29, 0.717) is 6.61 Å². The fourth-order valence-electron chi connectivity index (χ4n) is 2.77. The number of piperidine rings is 1. The lowest BCUT2D eigenvalue weighted by molar-refractivity contribution is -0.149. The maximum Gasteiger partial charge on any atom is 0.309 e. The summed E-state index contributed by atoms with van der Waals surface area (Å²) in [5.74, 6) is 0.743. The lowest BCUT2D eigenvalue weighted by atomic mass is 9.97. The van der Waals surface area contributed by atoms with Gasteiger partial charge in [0.1, 0.15) is 0 Å². The topological polar surface area (TPSA) is 59.7 Å². The second-order valence-corrected chi connectivity index (χ2v) is 5.36. The highest BCUT2D eigenvalue weighted by Gasteiger charge is 2.26.